The molecule has 7 rings (SSSR count). The minimum absolute atomic E-state index is 0.497. The molecule has 1 heterocycles. The zero-order chi connectivity index (χ0) is 24.7. The van der Waals surface area contributed by atoms with Gasteiger partial charge in [0.25, 0.3) is 0 Å². The molecule has 3 aliphatic carbocycles. The zero-order valence-corrected chi connectivity index (χ0v) is 20.7. The highest BCUT2D eigenvalue weighted by Gasteiger charge is 2.73. The van der Waals surface area contributed by atoms with E-state index < -0.39 is 45.3 Å². The Balaban J connectivity index is 1.45. The fourth-order valence-corrected chi connectivity index (χ4v) is 7.19. The van der Waals surface area contributed by atoms with Crippen LogP contribution < -0.4 is 5.32 Å². The lowest BCUT2D eigenvalue weighted by molar-refractivity contribution is -0.146. The van der Waals surface area contributed by atoms with E-state index in [1.807, 2.05) is 48.5 Å². The summed E-state index contributed by atoms with van der Waals surface area (Å²) in [5, 5.41) is 3.28. The molecule has 3 aromatic rings. The molecule has 5 nitrogen and oxygen atoms in total. The highest BCUT2D eigenvalue weighted by Crippen LogP contribution is 2.69. The van der Waals surface area contributed by atoms with Crippen LogP contribution in [0.4, 0.5) is 5.69 Å². The van der Waals surface area contributed by atoms with Crippen LogP contribution in [0.1, 0.15) is 29.2 Å². The molecule has 3 aromatic carbocycles. The quantitative estimate of drug-likeness (QED) is 0.375. The van der Waals surface area contributed by atoms with Gasteiger partial charge in [-0.25, -0.2) is 0 Å². The first-order valence-corrected chi connectivity index (χ1v) is 12.3. The van der Waals surface area contributed by atoms with E-state index in [4.69, 9.17) is 34.8 Å². The normalized spacial score (nSPS) is 28.9. The Kier molecular flexibility index (Phi) is 4.89. The summed E-state index contributed by atoms with van der Waals surface area (Å²) in [5.74, 6) is -3.37. The predicted octanol–water partition coefficient (Wildman–Crippen LogP) is 5.26. The molecule has 3 atom stereocenters. The molecule has 2 bridgehead atoms. The van der Waals surface area contributed by atoms with Crippen molar-refractivity contribution in [3.8, 4) is 0 Å². The van der Waals surface area contributed by atoms with Crippen molar-refractivity contribution in [1.82, 2.24) is 4.90 Å². The zero-order valence-electron chi connectivity index (χ0n) is 18.5. The standard InChI is InChI=1S/C27H19Cl3N2O3/c1-14(23(33)31-16-12-10-15(28)11-13-16)32-24(34)21-22(25(32)35)27(30)18-7-3-2-6-17(18)26(21,29)19-8-4-5-9-20(19)27/h2-14,21-22H,1H3,(H,31,33)/t14-,21-,22-,26?,27?/m1/s1. The average Bonchev–Trinajstić information content (AvgIpc) is 3.14. The second kappa shape index (κ2) is 7.57. The van der Waals surface area contributed by atoms with Gasteiger partial charge in [0.05, 0.1) is 11.8 Å². The van der Waals surface area contributed by atoms with Gasteiger partial charge in [-0.1, -0.05) is 60.1 Å². The lowest BCUT2D eigenvalue weighted by Crippen LogP contribution is -2.57. The van der Waals surface area contributed by atoms with Gasteiger partial charge in [-0.3, -0.25) is 19.3 Å². The Morgan fingerprint density at radius 3 is 1.60 bits per heavy atom. The van der Waals surface area contributed by atoms with Crippen molar-refractivity contribution >= 4 is 58.2 Å². The van der Waals surface area contributed by atoms with Crippen LogP contribution in [0.2, 0.25) is 5.02 Å². The fraction of sp³-hybridized carbons (Fsp3) is 0.222. The maximum atomic E-state index is 13.9. The van der Waals surface area contributed by atoms with Crippen LogP contribution >= 0.6 is 34.8 Å². The number of carbonyl (C=O) groups is 3. The fourth-order valence-electron chi connectivity index (χ4n) is 5.97. The number of halogens is 3. The van der Waals surface area contributed by atoms with E-state index >= 15 is 0 Å². The molecule has 1 fully saturated rings. The molecule has 1 saturated heterocycles. The second-order valence-corrected chi connectivity index (χ2v) is 10.8. The summed E-state index contributed by atoms with van der Waals surface area (Å²) in [4.78, 5) is 39.4. The molecule has 1 N–H and O–H groups in total. The van der Waals surface area contributed by atoms with Crippen molar-refractivity contribution in [2.75, 3.05) is 5.32 Å². The van der Waals surface area contributed by atoms with Gasteiger partial charge >= 0.3 is 0 Å². The van der Waals surface area contributed by atoms with Crippen LogP contribution in [0.3, 0.4) is 0 Å². The molecule has 176 valence electrons. The molecule has 0 unspecified atom stereocenters. The van der Waals surface area contributed by atoms with E-state index in [0.717, 1.165) is 27.2 Å². The lowest BCUT2D eigenvalue weighted by Gasteiger charge is -2.54. The minimum Gasteiger partial charge on any atom is -0.324 e. The van der Waals surface area contributed by atoms with Crippen LogP contribution in [-0.4, -0.2) is 28.7 Å². The number of nitrogens with zero attached hydrogens (tertiary/aromatic N) is 1. The van der Waals surface area contributed by atoms with E-state index in [2.05, 4.69) is 5.32 Å². The SMILES string of the molecule is C[C@H](C(=O)Nc1ccc(Cl)cc1)N1C(=O)[C@H]2[C@H](C1=O)C1(Cl)c3ccccc3C2(Cl)c2ccccc21. The van der Waals surface area contributed by atoms with Crippen LogP contribution in [0.25, 0.3) is 0 Å². The summed E-state index contributed by atoms with van der Waals surface area (Å²) in [5.41, 5.74) is 3.39. The first-order chi connectivity index (χ1) is 16.7. The molecular weight excluding hydrogens is 507 g/mol. The van der Waals surface area contributed by atoms with Gasteiger partial charge in [0.1, 0.15) is 15.8 Å². The van der Waals surface area contributed by atoms with Crippen LogP contribution in [0.15, 0.2) is 72.8 Å². The monoisotopic (exact) mass is 524 g/mol. The molecule has 1 aliphatic heterocycles. The maximum Gasteiger partial charge on any atom is 0.247 e. The number of likely N-dealkylation sites (tertiary alicyclic amines) is 1. The molecule has 8 heteroatoms. The van der Waals surface area contributed by atoms with Crippen molar-refractivity contribution < 1.29 is 14.4 Å². The Labute approximate surface area is 217 Å². The molecule has 4 aliphatic rings. The summed E-state index contributed by atoms with van der Waals surface area (Å²) in [6.07, 6.45) is 0. The van der Waals surface area contributed by atoms with Crippen molar-refractivity contribution in [2.45, 2.75) is 22.7 Å². The second-order valence-electron chi connectivity index (χ2n) is 9.19. The number of amides is 3. The number of imide groups is 1. The van der Waals surface area contributed by atoms with Gasteiger partial charge in [-0.15, -0.1) is 23.2 Å². The van der Waals surface area contributed by atoms with E-state index in [1.54, 1.807) is 24.3 Å². The van der Waals surface area contributed by atoms with Gasteiger partial charge in [-0.05, 0) is 53.4 Å². The van der Waals surface area contributed by atoms with Gasteiger partial charge in [0.2, 0.25) is 17.7 Å². The maximum absolute atomic E-state index is 13.9. The number of carbonyl (C=O) groups excluding carboxylic acids is 3. The predicted molar refractivity (Wildman–Crippen MR) is 135 cm³/mol. The van der Waals surface area contributed by atoms with Crippen molar-refractivity contribution in [3.63, 3.8) is 0 Å². The highest BCUT2D eigenvalue weighted by molar-refractivity contribution is 6.36. The third kappa shape index (κ3) is 2.80. The number of anilines is 1. The summed E-state index contributed by atoms with van der Waals surface area (Å²) in [6.45, 7) is 1.53. The minimum atomic E-state index is -1.28. The first kappa shape index (κ1) is 22.6. The molecular formula is C27H19Cl3N2O3. The van der Waals surface area contributed by atoms with Gasteiger partial charge < -0.3 is 5.32 Å². The molecule has 0 radical (unpaired) electrons. The van der Waals surface area contributed by atoms with E-state index in [1.165, 1.54) is 6.92 Å². The highest BCUT2D eigenvalue weighted by atomic mass is 35.5. The Bertz CT molecular complexity index is 1300. The van der Waals surface area contributed by atoms with Crippen molar-refractivity contribution in [3.05, 3.63) is 100 Å². The average molecular weight is 526 g/mol. The van der Waals surface area contributed by atoms with Gasteiger partial charge in [0.15, 0.2) is 0 Å². The smallest absolute Gasteiger partial charge is 0.247 e. The van der Waals surface area contributed by atoms with Crippen LogP contribution in [0, 0.1) is 11.8 Å². The van der Waals surface area contributed by atoms with Gasteiger partial charge in [-0.2, -0.15) is 0 Å². The van der Waals surface area contributed by atoms with E-state index in [-0.39, 0.29) is 0 Å². The van der Waals surface area contributed by atoms with E-state index in [0.29, 0.717) is 10.7 Å². The lowest BCUT2D eigenvalue weighted by atomic mass is 9.54. The molecule has 35 heavy (non-hydrogen) atoms. The number of hydrogen-bond acceptors (Lipinski definition) is 3. The third-order valence-electron chi connectivity index (χ3n) is 7.50. The molecule has 0 spiro atoms. The summed E-state index contributed by atoms with van der Waals surface area (Å²) in [6, 6.07) is 20.4. The Hall–Kier alpha value is -2.86. The largest absolute Gasteiger partial charge is 0.324 e. The molecule has 0 aromatic heterocycles. The van der Waals surface area contributed by atoms with Crippen molar-refractivity contribution in [1.29, 1.82) is 0 Å². The van der Waals surface area contributed by atoms with Crippen LogP contribution in [0.5, 0.6) is 0 Å². The molecule has 0 saturated carbocycles. The number of alkyl halides is 2. The summed E-state index contributed by atoms with van der Waals surface area (Å²) >= 11 is 20.7. The number of rotatable bonds is 3. The Morgan fingerprint density at radius 1 is 0.800 bits per heavy atom. The van der Waals surface area contributed by atoms with Gasteiger partial charge in [0, 0.05) is 10.7 Å². The number of benzene rings is 3. The van der Waals surface area contributed by atoms with Crippen molar-refractivity contribution in [2.24, 2.45) is 11.8 Å². The van der Waals surface area contributed by atoms with E-state index in [9.17, 15) is 14.4 Å². The third-order valence-corrected chi connectivity index (χ3v) is 9.03. The Morgan fingerprint density at radius 2 is 1.20 bits per heavy atom. The number of nitrogens with one attached hydrogen (secondary N) is 1. The number of hydrogen-bond donors (Lipinski definition) is 1. The topological polar surface area (TPSA) is 66.5 Å². The first-order valence-electron chi connectivity index (χ1n) is 11.2. The molecule has 3 amide bonds. The van der Waals surface area contributed by atoms with Crippen LogP contribution in [-0.2, 0) is 24.1 Å². The summed E-state index contributed by atoms with van der Waals surface area (Å²) < 4.78 is 0. The summed E-state index contributed by atoms with van der Waals surface area (Å²) in [7, 11) is 0.